The summed E-state index contributed by atoms with van der Waals surface area (Å²) in [7, 11) is 0. The third-order valence-electron chi connectivity index (χ3n) is 3.41. The van der Waals surface area contributed by atoms with Crippen molar-refractivity contribution in [1.82, 2.24) is 19.5 Å². The second-order valence-corrected chi connectivity index (χ2v) is 5.83. The molecule has 2 amide bonds. The summed E-state index contributed by atoms with van der Waals surface area (Å²) in [5.74, 6) is 0. The van der Waals surface area contributed by atoms with Crippen molar-refractivity contribution in [2.75, 3.05) is 18.5 Å². The van der Waals surface area contributed by atoms with E-state index in [1.165, 1.54) is 6.20 Å². The lowest BCUT2D eigenvalue weighted by molar-refractivity contribution is 0.0816. The summed E-state index contributed by atoms with van der Waals surface area (Å²) in [6.07, 6.45) is 5.38. The van der Waals surface area contributed by atoms with E-state index in [4.69, 9.17) is 4.74 Å². The van der Waals surface area contributed by atoms with Gasteiger partial charge in [0.05, 0.1) is 24.5 Å². The molecule has 7 nitrogen and oxygen atoms in total. The Morgan fingerprint density at radius 1 is 1.50 bits per heavy atom. The second-order valence-electron chi connectivity index (χ2n) is 5.05. The maximum absolute atomic E-state index is 12.5. The molecule has 3 rings (SSSR count). The molecule has 0 unspecified atom stereocenters. The number of hydrogen-bond donors (Lipinski definition) is 1. The van der Waals surface area contributed by atoms with Gasteiger partial charge >= 0.3 is 6.03 Å². The molecule has 2 aromatic rings. The lowest BCUT2D eigenvalue weighted by Gasteiger charge is -2.25. The number of pyridine rings is 1. The Bertz CT molecular complexity index is 587. The van der Waals surface area contributed by atoms with Crippen LogP contribution in [0, 0.1) is 0 Å². The summed E-state index contributed by atoms with van der Waals surface area (Å²) in [6, 6.07) is 5.49. The van der Waals surface area contributed by atoms with Gasteiger partial charge in [0, 0.05) is 30.9 Å². The van der Waals surface area contributed by atoms with Gasteiger partial charge < -0.3 is 9.64 Å². The van der Waals surface area contributed by atoms with Crippen LogP contribution in [0.5, 0.6) is 0 Å². The van der Waals surface area contributed by atoms with Gasteiger partial charge in [-0.05, 0) is 25.0 Å². The van der Waals surface area contributed by atoms with Crippen molar-refractivity contribution in [2.24, 2.45) is 0 Å². The minimum atomic E-state index is -0.188. The molecular formula is C14H17N5O2S. The van der Waals surface area contributed by atoms with Crippen LogP contribution in [0.25, 0.3) is 0 Å². The normalized spacial score (nSPS) is 17.4. The van der Waals surface area contributed by atoms with Gasteiger partial charge in [-0.2, -0.15) is 0 Å². The van der Waals surface area contributed by atoms with Crippen molar-refractivity contribution in [3.8, 4) is 0 Å². The highest BCUT2D eigenvalue weighted by molar-refractivity contribution is 7.10. The van der Waals surface area contributed by atoms with Crippen LogP contribution in [0.2, 0.25) is 0 Å². The Labute approximate surface area is 132 Å². The van der Waals surface area contributed by atoms with Crippen molar-refractivity contribution >= 4 is 22.6 Å². The largest absolute Gasteiger partial charge is 0.376 e. The third-order valence-corrected chi connectivity index (χ3v) is 3.99. The first kappa shape index (κ1) is 14.9. The molecule has 0 aromatic carbocycles. The fourth-order valence-corrected chi connectivity index (χ4v) is 2.76. The van der Waals surface area contributed by atoms with Crippen molar-refractivity contribution < 1.29 is 9.53 Å². The van der Waals surface area contributed by atoms with Gasteiger partial charge in [-0.1, -0.05) is 10.6 Å². The van der Waals surface area contributed by atoms with E-state index in [0.29, 0.717) is 18.1 Å². The first-order valence-electron chi connectivity index (χ1n) is 7.16. The molecular weight excluding hydrogens is 302 g/mol. The molecule has 3 heterocycles. The summed E-state index contributed by atoms with van der Waals surface area (Å²) >= 11 is 1.15. The molecule has 0 aliphatic carbocycles. The maximum Gasteiger partial charge on any atom is 0.322 e. The summed E-state index contributed by atoms with van der Waals surface area (Å²) < 4.78 is 9.39. The Morgan fingerprint density at radius 3 is 3.14 bits per heavy atom. The van der Waals surface area contributed by atoms with Crippen LogP contribution in [-0.4, -0.2) is 44.8 Å². The molecule has 1 N–H and O–H groups in total. The van der Waals surface area contributed by atoms with Crippen LogP contribution >= 0.6 is 11.5 Å². The zero-order chi connectivity index (χ0) is 15.2. The Kier molecular flexibility index (Phi) is 4.92. The monoisotopic (exact) mass is 319 g/mol. The van der Waals surface area contributed by atoms with Crippen LogP contribution in [0.4, 0.5) is 9.80 Å². The van der Waals surface area contributed by atoms with Crippen molar-refractivity contribution in [1.29, 1.82) is 0 Å². The molecule has 1 aliphatic rings. The average molecular weight is 319 g/mol. The van der Waals surface area contributed by atoms with Gasteiger partial charge in [-0.3, -0.25) is 10.3 Å². The highest BCUT2D eigenvalue weighted by Crippen LogP contribution is 2.16. The Hall–Kier alpha value is -2.06. The van der Waals surface area contributed by atoms with E-state index in [0.717, 1.165) is 36.7 Å². The number of nitrogens with zero attached hydrogens (tertiary/aromatic N) is 4. The fourth-order valence-electron chi connectivity index (χ4n) is 2.35. The van der Waals surface area contributed by atoms with E-state index >= 15 is 0 Å². The SMILES string of the molecule is O=C(Nc1cnns1)N(Cc1ccccn1)C[C@@H]1CCCO1. The van der Waals surface area contributed by atoms with Gasteiger partial charge in [-0.25, -0.2) is 4.79 Å². The lowest BCUT2D eigenvalue weighted by atomic mass is 10.2. The van der Waals surface area contributed by atoms with E-state index in [1.54, 1.807) is 11.1 Å². The number of carbonyl (C=O) groups excluding carboxylic acids is 1. The zero-order valence-corrected chi connectivity index (χ0v) is 12.8. The smallest absolute Gasteiger partial charge is 0.322 e. The van der Waals surface area contributed by atoms with Gasteiger partial charge in [0.2, 0.25) is 0 Å². The molecule has 22 heavy (non-hydrogen) atoms. The number of rotatable bonds is 5. The maximum atomic E-state index is 12.5. The Balaban J connectivity index is 1.68. The van der Waals surface area contributed by atoms with E-state index in [1.807, 2.05) is 18.2 Å². The Morgan fingerprint density at radius 2 is 2.45 bits per heavy atom. The first-order chi connectivity index (χ1) is 10.8. The predicted molar refractivity (Wildman–Crippen MR) is 82.5 cm³/mol. The topological polar surface area (TPSA) is 80.2 Å². The summed E-state index contributed by atoms with van der Waals surface area (Å²) in [4.78, 5) is 18.5. The molecule has 1 fully saturated rings. The number of carbonyl (C=O) groups is 1. The molecule has 1 aliphatic heterocycles. The second kappa shape index (κ2) is 7.28. The standard InChI is InChI=1S/C14H17N5O2S/c20-14(17-13-8-16-18-22-13)19(10-12-5-3-7-21-12)9-11-4-1-2-6-15-11/h1-2,4,6,8,12H,3,5,7,9-10H2,(H,17,20)/t12-/m0/s1. The van der Waals surface area contributed by atoms with E-state index < -0.39 is 0 Å². The van der Waals surface area contributed by atoms with Crippen LogP contribution in [0.3, 0.4) is 0 Å². The number of ether oxygens (including phenoxy) is 1. The van der Waals surface area contributed by atoms with Crippen LogP contribution in [0.1, 0.15) is 18.5 Å². The predicted octanol–water partition coefficient (Wildman–Crippen LogP) is 2.15. The molecule has 0 bridgehead atoms. The molecule has 0 saturated carbocycles. The van der Waals surface area contributed by atoms with Gasteiger partial charge in [0.25, 0.3) is 0 Å². The highest BCUT2D eigenvalue weighted by atomic mass is 32.1. The lowest BCUT2D eigenvalue weighted by Crippen LogP contribution is -2.39. The number of amides is 2. The fraction of sp³-hybridized carbons (Fsp3) is 0.429. The highest BCUT2D eigenvalue weighted by Gasteiger charge is 2.23. The minimum Gasteiger partial charge on any atom is -0.376 e. The van der Waals surface area contributed by atoms with Crippen molar-refractivity contribution in [2.45, 2.75) is 25.5 Å². The quantitative estimate of drug-likeness (QED) is 0.913. The van der Waals surface area contributed by atoms with Crippen molar-refractivity contribution in [3.05, 3.63) is 36.3 Å². The molecule has 1 atom stereocenters. The number of hydrogen-bond acceptors (Lipinski definition) is 6. The van der Waals surface area contributed by atoms with Crippen LogP contribution < -0.4 is 5.32 Å². The molecule has 8 heteroatoms. The van der Waals surface area contributed by atoms with Gasteiger partial charge in [-0.15, -0.1) is 5.10 Å². The molecule has 0 spiro atoms. The third kappa shape index (κ3) is 3.99. The van der Waals surface area contributed by atoms with Gasteiger partial charge in [0.1, 0.15) is 5.00 Å². The van der Waals surface area contributed by atoms with Gasteiger partial charge in [0.15, 0.2) is 0 Å². The van der Waals surface area contributed by atoms with Crippen LogP contribution in [-0.2, 0) is 11.3 Å². The molecule has 2 aromatic heterocycles. The van der Waals surface area contributed by atoms with Crippen LogP contribution in [0.15, 0.2) is 30.6 Å². The molecule has 0 radical (unpaired) electrons. The first-order valence-corrected chi connectivity index (χ1v) is 7.93. The molecule has 116 valence electrons. The summed E-state index contributed by atoms with van der Waals surface area (Å²) in [5.41, 5.74) is 0.845. The minimum absolute atomic E-state index is 0.0917. The molecule has 1 saturated heterocycles. The summed E-state index contributed by atoms with van der Waals surface area (Å²) in [6.45, 7) is 1.76. The van der Waals surface area contributed by atoms with E-state index in [2.05, 4.69) is 19.9 Å². The summed E-state index contributed by atoms with van der Waals surface area (Å²) in [5, 5.41) is 7.16. The number of nitrogens with one attached hydrogen (secondary N) is 1. The van der Waals surface area contributed by atoms with Crippen molar-refractivity contribution in [3.63, 3.8) is 0 Å². The zero-order valence-electron chi connectivity index (χ0n) is 12.0. The number of aromatic nitrogens is 3. The number of anilines is 1. The average Bonchev–Trinajstić information content (AvgIpc) is 3.21. The van der Waals surface area contributed by atoms with E-state index in [-0.39, 0.29) is 12.1 Å². The number of urea groups is 1. The van der Waals surface area contributed by atoms with E-state index in [9.17, 15) is 4.79 Å².